The number of carbonyl (C=O) groups excluding carboxylic acids is 2. The van der Waals surface area contributed by atoms with Gasteiger partial charge in [-0.1, -0.05) is 54.1 Å². The van der Waals surface area contributed by atoms with Crippen LogP contribution in [0.15, 0.2) is 85.1 Å². The van der Waals surface area contributed by atoms with Crippen LogP contribution < -0.4 is 10.6 Å². The third-order valence-electron chi connectivity index (χ3n) is 5.86. The van der Waals surface area contributed by atoms with E-state index in [1.54, 1.807) is 24.3 Å². The molecular formula is C28H29ClN4O2. The van der Waals surface area contributed by atoms with Gasteiger partial charge in [0.1, 0.15) is 0 Å². The Morgan fingerprint density at radius 2 is 1.71 bits per heavy atom. The largest absolute Gasteiger partial charge is 0.346 e. The highest BCUT2D eigenvalue weighted by molar-refractivity contribution is 6.33. The van der Waals surface area contributed by atoms with Crippen molar-refractivity contribution in [2.24, 2.45) is 0 Å². The molecule has 1 unspecified atom stereocenters. The first-order valence-corrected chi connectivity index (χ1v) is 11.9. The van der Waals surface area contributed by atoms with Gasteiger partial charge in [0.15, 0.2) is 0 Å². The molecule has 0 aliphatic carbocycles. The zero-order valence-corrected chi connectivity index (χ0v) is 20.6. The molecule has 1 atom stereocenters. The Morgan fingerprint density at radius 1 is 0.971 bits per heavy atom. The molecule has 180 valence electrons. The van der Waals surface area contributed by atoms with Crippen LogP contribution >= 0.6 is 11.6 Å². The molecule has 2 N–H and O–H groups in total. The van der Waals surface area contributed by atoms with Crippen molar-refractivity contribution < 1.29 is 9.59 Å². The molecule has 0 bridgehead atoms. The van der Waals surface area contributed by atoms with Gasteiger partial charge in [-0.25, -0.2) is 0 Å². The summed E-state index contributed by atoms with van der Waals surface area (Å²) in [5, 5.41) is 7.39. The summed E-state index contributed by atoms with van der Waals surface area (Å²) in [6.07, 6.45) is 2.15. The Hall–Kier alpha value is -3.61. The zero-order valence-electron chi connectivity index (χ0n) is 19.9. The lowest BCUT2D eigenvalue weighted by Gasteiger charge is -2.19. The van der Waals surface area contributed by atoms with Crippen LogP contribution in [0.3, 0.4) is 0 Å². The average Bonchev–Trinajstić information content (AvgIpc) is 3.25. The molecule has 1 heterocycles. The summed E-state index contributed by atoms with van der Waals surface area (Å²) >= 11 is 6.20. The van der Waals surface area contributed by atoms with Crippen LogP contribution in [0.4, 0.5) is 5.69 Å². The van der Waals surface area contributed by atoms with Gasteiger partial charge in [0.2, 0.25) is 5.91 Å². The van der Waals surface area contributed by atoms with Crippen LogP contribution in [0.1, 0.15) is 28.4 Å². The average molecular weight is 489 g/mol. The second kappa shape index (κ2) is 11.2. The third-order valence-corrected chi connectivity index (χ3v) is 6.19. The van der Waals surface area contributed by atoms with Gasteiger partial charge in [0.25, 0.3) is 5.91 Å². The molecule has 4 aromatic rings. The first-order valence-electron chi connectivity index (χ1n) is 11.5. The minimum atomic E-state index is -0.504. The Bertz CT molecular complexity index is 1320. The lowest BCUT2D eigenvalue weighted by atomic mass is 10.0. The van der Waals surface area contributed by atoms with E-state index in [9.17, 15) is 9.59 Å². The zero-order chi connectivity index (χ0) is 24.8. The number of anilines is 1. The maximum Gasteiger partial charge on any atom is 0.253 e. The first kappa shape index (κ1) is 24.5. The highest BCUT2D eigenvalue weighted by Gasteiger charge is 2.20. The fourth-order valence-electron chi connectivity index (χ4n) is 4.00. The van der Waals surface area contributed by atoms with E-state index in [1.165, 1.54) is 0 Å². The van der Waals surface area contributed by atoms with E-state index in [0.29, 0.717) is 10.6 Å². The minimum absolute atomic E-state index is 0.0854. The van der Waals surface area contributed by atoms with Gasteiger partial charge < -0.3 is 20.1 Å². The summed E-state index contributed by atoms with van der Waals surface area (Å²) in [6.45, 7) is 1.84. The Morgan fingerprint density at radius 3 is 2.46 bits per heavy atom. The Kier molecular flexibility index (Phi) is 7.85. The van der Waals surface area contributed by atoms with Crippen molar-refractivity contribution in [3.63, 3.8) is 0 Å². The van der Waals surface area contributed by atoms with E-state index in [0.717, 1.165) is 35.2 Å². The van der Waals surface area contributed by atoms with Gasteiger partial charge in [-0.05, 0) is 56.1 Å². The molecule has 35 heavy (non-hydrogen) atoms. The molecule has 0 radical (unpaired) electrons. The van der Waals surface area contributed by atoms with Crippen LogP contribution in [-0.4, -0.2) is 41.9 Å². The van der Waals surface area contributed by atoms with Crippen molar-refractivity contribution in [3.05, 3.63) is 101 Å². The van der Waals surface area contributed by atoms with E-state index in [1.807, 2.05) is 48.5 Å². The van der Waals surface area contributed by atoms with Crippen LogP contribution in [0.5, 0.6) is 0 Å². The standard InChI is InChI=1S/C28H29ClN4O2/c1-32(2)16-17-33-15-14-21-18-22(12-13-26(21)33)30-27(34)19-25(20-8-4-3-5-9-20)31-28(35)23-10-6-7-11-24(23)29/h3-15,18,25H,16-17,19H2,1-2H3,(H,30,34)(H,31,35). The smallest absolute Gasteiger partial charge is 0.253 e. The van der Waals surface area contributed by atoms with Crippen molar-refractivity contribution in [1.82, 2.24) is 14.8 Å². The second-order valence-corrected chi connectivity index (χ2v) is 9.16. The molecule has 4 rings (SSSR count). The minimum Gasteiger partial charge on any atom is -0.346 e. The summed E-state index contributed by atoms with van der Waals surface area (Å²) in [4.78, 5) is 28.0. The molecule has 2 amide bonds. The molecule has 0 aliphatic rings. The van der Waals surface area contributed by atoms with Gasteiger partial charge >= 0.3 is 0 Å². The fourth-order valence-corrected chi connectivity index (χ4v) is 4.22. The quantitative estimate of drug-likeness (QED) is 0.333. The summed E-state index contributed by atoms with van der Waals surface area (Å²) in [5.41, 5.74) is 3.06. The van der Waals surface area contributed by atoms with Gasteiger partial charge in [-0.2, -0.15) is 0 Å². The molecule has 0 aliphatic heterocycles. The lowest BCUT2D eigenvalue weighted by molar-refractivity contribution is -0.116. The summed E-state index contributed by atoms with van der Waals surface area (Å²) in [7, 11) is 4.11. The number of hydrogen-bond acceptors (Lipinski definition) is 3. The highest BCUT2D eigenvalue weighted by atomic mass is 35.5. The summed E-state index contributed by atoms with van der Waals surface area (Å²) in [5.74, 6) is -0.512. The van der Waals surface area contributed by atoms with Crippen LogP contribution in [0.25, 0.3) is 10.9 Å². The SMILES string of the molecule is CN(C)CCn1ccc2cc(NC(=O)CC(NC(=O)c3ccccc3Cl)c3ccccc3)ccc21. The number of nitrogens with zero attached hydrogens (tertiary/aromatic N) is 2. The molecule has 0 saturated heterocycles. The maximum absolute atomic E-state index is 13.0. The topological polar surface area (TPSA) is 66.4 Å². The van der Waals surface area contributed by atoms with Crippen LogP contribution in [-0.2, 0) is 11.3 Å². The number of likely N-dealkylation sites (N-methyl/N-ethyl adjacent to an activating group) is 1. The third kappa shape index (κ3) is 6.29. The molecular weight excluding hydrogens is 460 g/mol. The normalized spacial score (nSPS) is 12.0. The summed E-state index contributed by atoms with van der Waals surface area (Å²) in [6, 6.07) is 23.8. The predicted octanol–water partition coefficient (Wildman–Crippen LogP) is 5.36. The molecule has 1 aromatic heterocycles. The van der Waals surface area contributed by atoms with Crippen molar-refractivity contribution in [2.45, 2.75) is 19.0 Å². The lowest BCUT2D eigenvalue weighted by Crippen LogP contribution is -2.31. The van der Waals surface area contributed by atoms with E-state index < -0.39 is 6.04 Å². The number of benzene rings is 3. The molecule has 0 fully saturated rings. The van der Waals surface area contributed by atoms with Crippen molar-refractivity contribution >= 4 is 40.0 Å². The van der Waals surface area contributed by atoms with Gasteiger partial charge in [-0.3, -0.25) is 9.59 Å². The predicted molar refractivity (Wildman–Crippen MR) is 142 cm³/mol. The molecule has 6 nitrogen and oxygen atoms in total. The summed E-state index contributed by atoms with van der Waals surface area (Å²) < 4.78 is 2.20. The molecule has 3 aromatic carbocycles. The number of carbonyl (C=O) groups is 2. The van der Waals surface area contributed by atoms with Gasteiger partial charge in [-0.15, -0.1) is 0 Å². The van der Waals surface area contributed by atoms with Gasteiger partial charge in [0.05, 0.1) is 23.0 Å². The van der Waals surface area contributed by atoms with Crippen LogP contribution in [0.2, 0.25) is 5.02 Å². The number of halogens is 1. The number of fused-ring (bicyclic) bond motifs is 1. The highest BCUT2D eigenvalue weighted by Crippen LogP contribution is 2.23. The van der Waals surface area contributed by atoms with E-state index in [2.05, 4.69) is 46.5 Å². The van der Waals surface area contributed by atoms with Crippen molar-refractivity contribution in [1.29, 1.82) is 0 Å². The second-order valence-electron chi connectivity index (χ2n) is 8.75. The van der Waals surface area contributed by atoms with Crippen LogP contribution in [0, 0.1) is 0 Å². The number of rotatable bonds is 9. The number of amides is 2. The molecule has 0 saturated carbocycles. The monoisotopic (exact) mass is 488 g/mol. The Balaban J connectivity index is 1.47. The number of hydrogen-bond donors (Lipinski definition) is 2. The van der Waals surface area contributed by atoms with Gasteiger partial charge in [0, 0.05) is 35.9 Å². The van der Waals surface area contributed by atoms with Crippen molar-refractivity contribution in [2.75, 3.05) is 26.0 Å². The van der Waals surface area contributed by atoms with Crippen molar-refractivity contribution in [3.8, 4) is 0 Å². The maximum atomic E-state index is 13.0. The van der Waals surface area contributed by atoms with E-state index >= 15 is 0 Å². The number of nitrogens with one attached hydrogen (secondary N) is 2. The Labute approximate surface area is 210 Å². The fraction of sp³-hybridized carbons (Fsp3) is 0.214. The molecule has 0 spiro atoms. The van der Waals surface area contributed by atoms with E-state index in [-0.39, 0.29) is 18.2 Å². The molecule has 7 heteroatoms. The number of aromatic nitrogens is 1. The first-order chi connectivity index (χ1) is 16.9. The van der Waals surface area contributed by atoms with E-state index in [4.69, 9.17) is 11.6 Å².